The highest BCUT2D eigenvalue weighted by molar-refractivity contribution is 5.78. The molecular formula is C10H22N4. The molecule has 1 saturated heterocycles. The summed E-state index contributed by atoms with van der Waals surface area (Å²) in [6.45, 7) is 6.34. The van der Waals surface area contributed by atoms with Crippen molar-refractivity contribution in [3.63, 3.8) is 0 Å². The molecule has 4 nitrogen and oxygen atoms in total. The predicted molar refractivity (Wildman–Crippen MR) is 59.7 cm³/mol. The fourth-order valence-electron chi connectivity index (χ4n) is 2.07. The minimum Gasteiger partial charge on any atom is -0.387 e. The third-order valence-corrected chi connectivity index (χ3v) is 3.05. The Morgan fingerprint density at radius 1 is 1.50 bits per heavy atom. The molecule has 0 bridgehead atoms. The van der Waals surface area contributed by atoms with Crippen molar-refractivity contribution >= 4 is 5.84 Å². The van der Waals surface area contributed by atoms with E-state index < -0.39 is 0 Å². The Morgan fingerprint density at radius 2 is 2.07 bits per heavy atom. The molecule has 1 aliphatic heterocycles. The fourth-order valence-corrected chi connectivity index (χ4v) is 2.07. The maximum Gasteiger partial charge on any atom is 0.105 e. The normalized spacial score (nSPS) is 20.2. The van der Waals surface area contributed by atoms with Gasteiger partial charge in [0.05, 0.1) is 6.54 Å². The summed E-state index contributed by atoms with van der Waals surface area (Å²) in [4.78, 5) is 4.67. The van der Waals surface area contributed by atoms with Gasteiger partial charge in [0.1, 0.15) is 5.84 Å². The lowest BCUT2D eigenvalue weighted by Crippen LogP contribution is -2.45. The molecule has 1 rings (SSSR count). The Labute approximate surface area is 86.6 Å². The standard InChI is InChI=1S/C10H22N4/c1-3-14-6-4-9(5-7-14)13(2)8-10(11)12/h9H,3-8H2,1-2H3,(H3,11,12). The number of amidine groups is 1. The van der Waals surface area contributed by atoms with Crippen LogP contribution >= 0.6 is 0 Å². The summed E-state index contributed by atoms with van der Waals surface area (Å²) in [7, 11) is 2.06. The number of likely N-dealkylation sites (N-methyl/N-ethyl adjacent to an activating group) is 1. The van der Waals surface area contributed by atoms with Crippen LogP contribution in [0.5, 0.6) is 0 Å². The first-order valence-corrected chi connectivity index (χ1v) is 5.39. The molecule has 0 aromatic rings. The van der Waals surface area contributed by atoms with Gasteiger partial charge in [-0.1, -0.05) is 6.92 Å². The van der Waals surface area contributed by atoms with Crippen LogP contribution in [0.1, 0.15) is 19.8 Å². The van der Waals surface area contributed by atoms with E-state index in [9.17, 15) is 0 Å². The number of nitrogens with one attached hydrogen (secondary N) is 1. The van der Waals surface area contributed by atoms with Crippen LogP contribution in [0.3, 0.4) is 0 Å². The first-order valence-electron chi connectivity index (χ1n) is 5.39. The van der Waals surface area contributed by atoms with Crippen molar-refractivity contribution in [2.45, 2.75) is 25.8 Å². The SMILES string of the molecule is CCN1CCC(N(C)CC(=N)N)CC1. The highest BCUT2D eigenvalue weighted by Gasteiger charge is 2.21. The highest BCUT2D eigenvalue weighted by Crippen LogP contribution is 2.14. The van der Waals surface area contributed by atoms with Gasteiger partial charge < -0.3 is 10.6 Å². The number of nitrogens with two attached hydrogens (primary N) is 1. The monoisotopic (exact) mass is 198 g/mol. The first kappa shape index (κ1) is 11.5. The summed E-state index contributed by atoms with van der Waals surface area (Å²) >= 11 is 0. The van der Waals surface area contributed by atoms with E-state index >= 15 is 0 Å². The summed E-state index contributed by atoms with van der Waals surface area (Å²) in [6.07, 6.45) is 2.41. The van der Waals surface area contributed by atoms with Crippen molar-refractivity contribution in [1.29, 1.82) is 5.41 Å². The van der Waals surface area contributed by atoms with Gasteiger partial charge in [-0.3, -0.25) is 10.3 Å². The molecule has 0 saturated carbocycles. The molecule has 1 aliphatic rings. The zero-order valence-corrected chi connectivity index (χ0v) is 9.29. The Bertz CT molecular complexity index is 185. The van der Waals surface area contributed by atoms with E-state index in [1.165, 1.54) is 25.9 Å². The lowest BCUT2D eigenvalue weighted by molar-refractivity contribution is 0.142. The van der Waals surface area contributed by atoms with Gasteiger partial charge in [0.25, 0.3) is 0 Å². The van der Waals surface area contributed by atoms with Crippen LogP contribution < -0.4 is 5.73 Å². The van der Waals surface area contributed by atoms with Crippen LogP contribution in [0.25, 0.3) is 0 Å². The maximum atomic E-state index is 7.24. The van der Waals surface area contributed by atoms with Crippen LogP contribution in [-0.4, -0.2) is 54.9 Å². The molecule has 0 atom stereocenters. The van der Waals surface area contributed by atoms with Crippen LogP contribution in [0.2, 0.25) is 0 Å². The Kier molecular flexibility index (Phi) is 4.35. The lowest BCUT2D eigenvalue weighted by Gasteiger charge is -2.36. The van der Waals surface area contributed by atoms with E-state index in [-0.39, 0.29) is 5.84 Å². The van der Waals surface area contributed by atoms with E-state index in [1.54, 1.807) is 0 Å². The van der Waals surface area contributed by atoms with Crippen LogP contribution in [0.15, 0.2) is 0 Å². The molecule has 0 radical (unpaired) electrons. The lowest BCUT2D eigenvalue weighted by atomic mass is 10.0. The summed E-state index contributed by atoms with van der Waals surface area (Å²) in [5.74, 6) is 0.269. The average Bonchev–Trinajstić information content (AvgIpc) is 2.17. The highest BCUT2D eigenvalue weighted by atomic mass is 15.2. The largest absolute Gasteiger partial charge is 0.387 e. The molecular weight excluding hydrogens is 176 g/mol. The minimum atomic E-state index is 0.269. The van der Waals surface area contributed by atoms with Crippen LogP contribution in [0.4, 0.5) is 0 Å². The van der Waals surface area contributed by atoms with Crippen molar-refractivity contribution < 1.29 is 0 Å². The van der Waals surface area contributed by atoms with E-state index in [1.807, 2.05) is 0 Å². The summed E-state index contributed by atoms with van der Waals surface area (Å²) < 4.78 is 0. The molecule has 0 aromatic carbocycles. The second kappa shape index (κ2) is 5.32. The molecule has 1 heterocycles. The summed E-state index contributed by atoms with van der Waals surface area (Å²) in [5, 5.41) is 7.24. The van der Waals surface area contributed by atoms with Crippen LogP contribution in [0, 0.1) is 5.41 Å². The van der Waals surface area contributed by atoms with Gasteiger partial charge in [0.2, 0.25) is 0 Å². The van der Waals surface area contributed by atoms with Gasteiger partial charge in [-0.15, -0.1) is 0 Å². The van der Waals surface area contributed by atoms with E-state index in [4.69, 9.17) is 11.1 Å². The van der Waals surface area contributed by atoms with Crippen molar-refractivity contribution in [3.05, 3.63) is 0 Å². The summed E-state index contributed by atoms with van der Waals surface area (Å²) in [6, 6.07) is 0.613. The Balaban J connectivity index is 2.30. The van der Waals surface area contributed by atoms with Crippen molar-refractivity contribution in [2.75, 3.05) is 33.2 Å². The van der Waals surface area contributed by atoms with Crippen molar-refractivity contribution in [2.24, 2.45) is 5.73 Å². The second-order valence-corrected chi connectivity index (χ2v) is 4.11. The fraction of sp³-hybridized carbons (Fsp3) is 0.900. The quantitative estimate of drug-likeness (QED) is 0.506. The molecule has 1 fully saturated rings. The van der Waals surface area contributed by atoms with E-state index in [2.05, 4.69) is 23.8 Å². The molecule has 14 heavy (non-hydrogen) atoms. The van der Waals surface area contributed by atoms with Crippen molar-refractivity contribution in [3.8, 4) is 0 Å². The number of hydrogen-bond acceptors (Lipinski definition) is 3. The molecule has 82 valence electrons. The number of rotatable bonds is 4. The smallest absolute Gasteiger partial charge is 0.105 e. The molecule has 0 aliphatic carbocycles. The van der Waals surface area contributed by atoms with Gasteiger partial charge in [-0.2, -0.15) is 0 Å². The minimum absolute atomic E-state index is 0.269. The van der Waals surface area contributed by atoms with Crippen LogP contribution in [-0.2, 0) is 0 Å². The molecule has 4 heteroatoms. The second-order valence-electron chi connectivity index (χ2n) is 4.11. The van der Waals surface area contributed by atoms with Crippen molar-refractivity contribution in [1.82, 2.24) is 9.80 Å². The van der Waals surface area contributed by atoms with Gasteiger partial charge in [-0.25, -0.2) is 0 Å². The van der Waals surface area contributed by atoms with Gasteiger partial charge in [-0.05, 0) is 39.5 Å². The van der Waals surface area contributed by atoms with Gasteiger partial charge in [0, 0.05) is 6.04 Å². The number of piperidine rings is 1. The third kappa shape index (κ3) is 3.27. The molecule has 3 N–H and O–H groups in total. The molecule has 0 aromatic heterocycles. The number of hydrogen-bond donors (Lipinski definition) is 2. The zero-order chi connectivity index (χ0) is 10.6. The Hall–Kier alpha value is -0.610. The third-order valence-electron chi connectivity index (χ3n) is 3.05. The Morgan fingerprint density at radius 3 is 2.50 bits per heavy atom. The van der Waals surface area contributed by atoms with Gasteiger partial charge in [0.15, 0.2) is 0 Å². The average molecular weight is 198 g/mol. The van der Waals surface area contributed by atoms with E-state index in [0.717, 1.165) is 6.54 Å². The maximum absolute atomic E-state index is 7.24. The predicted octanol–water partition coefficient (Wildman–Crippen LogP) is 0.338. The topological polar surface area (TPSA) is 56.4 Å². The molecule has 0 amide bonds. The summed E-state index contributed by atoms with van der Waals surface area (Å²) in [5.41, 5.74) is 5.38. The molecule has 0 unspecified atom stereocenters. The number of likely N-dealkylation sites (tertiary alicyclic amines) is 1. The first-order chi connectivity index (χ1) is 6.63. The van der Waals surface area contributed by atoms with E-state index in [0.29, 0.717) is 12.6 Å². The zero-order valence-electron chi connectivity index (χ0n) is 9.29. The molecule has 0 spiro atoms. The number of nitrogens with zero attached hydrogens (tertiary/aromatic N) is 2. The van der Waals surface area contributed by atoms with Gasteiger partial charge >= 0.3 is 0 Å².